The first-order valence-electron chi connectivity index (χ1n) is 3.09. The Morgan fingerprint density at radius 3 is 2.88 bits per heavy atom. The van der Waals surface area contributed by atoms with E-state index in [1.54, 1.807) is 6.08 Å². The molecule has 0 bridgehead atoms. The maximum Gasteiger partial charge on any atom is 0.0141 e. The van der Waals surface area contributed by atoms with E-state index in [1.807, 2.05) is 6.20 Å². The highest BCUT2D eigenvalue weighted by Gasteiger charge is 1.75. The van der Waals surface area contributed by atoms with Gasteiger partial charge in [0, 0.05) is 6.54 Å². The summed E-state index contributed by atoms with van der Waals surface area (Å²) in [6.45, 7) is 6.79. The first-order chi connectivity index (χ1) is 3.91. The summed E-state index contributed by atoms with van der Waals surface area (Å²) >= 11 is 0. The number of unbranched alkanes of at least 4 members (excludes halogenated alkanes) is 1. The van der Waals surface area contributed by atoms with Gasteiger partial charge in [-0.15, -0.1) is 0 Å². The molecule has 0 aromatic carbocycles. The second kappa shape index (κ2) is 6.54. The molecule has 0 aromatic rings. The summed E-state index contributed by atoms with van der Waals surface area (Å²) in [5, 5.41) is 3.09. The van der Waals surface area contributed by atoms with Crippen molar-refractivity contribution in [3.05, 3.63) is 19.2 Å². The van der Waals surface area contributed by atoms with E-state index in [0.29, 0.717) is 0 Å². The van der Waals surface area contributed by atoms with Gasteiger partial charge < -0.3 is 5.32 Å². The predicted molar refractivity (Wildman–Crippen MR) is 37.4 cm³/mol. The van der Waals surface area contributed by atoms with Crippen molar-refractivity contribution in [2.24, 2.45) is 0 Å². The highest BCUT2D eigenvalue weighted by molar-refractivity contribution is 4.80. The van der Waals surface area contributed by atoms with Crippen LogP contribution in [0.2, 0.25) is 0 Å². The molecule has 0 aliphatic rings. The van der Waals surface area contributed by atoms with Crippen molar-refractivity contribution < 1.29 is 0 Å². The molecule has 0 fully saturated rings. The highest BCUT2D eigenvalue weighted by atomic mass is 14.8. The Kier molecular flexibility index (Phi) is 6.16. The van der Waals surface area contributed by atoms with Crippen LogP contribution in [0.3, 0.4) is 0 Å². The highest BCUT2D eigenvalue weighted by Crippen LogP contribution is 1.81. The molecule has 0 heterocycles. The minimum atomic E-state index is 1.07. The molecule has 47 valence electrons. The summed E-state index contributed by atoms with van der Waals surface area (Å²) in [5.41, 5.74) is 0. The molecule has 1 heteroatoms. The fraction of sp³-hybridized carbons (Fsp3) is 0.571. The van der Waals surface area contributed by atoms with Crippen molar-refractivity contribution in [1.29, 1.82) is 0 Å². The fourth-order valence-corrected chi connectivity index (χ4v) is 0.446. The summed E-state index contributed by atoms with van der Waals surface area (Å²) in [5.74, 6) is 0. The van der Waals surface area contributed by atoms with Gasteiger partial charge in [0.25, 0.3) is 0 Å². The zero-order chi connectivity index (χ0) is 6.24. The zero-order valence-corrected chi connectivity index (χ0v) is 5.48. The second-order valence-corrected chi connectivity index (χ2v) is 1.71. The van der Waals surface area contributed by atoms with Crippen LogP contribution in [-0.4, -0.2) is 6.54 Å². The summed E-state index contributed by atoms with van der Waals surface area (Å²) in [6.07, 6.45) is 6.12. The predicted octanol–water partition coefficient (Wildman–Crippen LogP) is 1.72. The Balaban J connectivity index is 2.72. The standard InChI is InChI=1S/C7H14N/c1-3-5-7-8-6-4-2/h4,6,8H,2-3,5,7H2,1H3/b6-4+. The van der Waals surface area contributed by atoms with Crippen LogP contribution >= 0.6 is 0 Å². The van der Waals surface area contributed by atoms with Crippen LogP contribution in [0.25, 0.3) is 0 Å². The van der Waals surface area contributed by atoms with Crippen LogP contribution in [-0.2, 0) is 0 Å². The largest absolute Gasteiger partial charge is 0.391 e. The quantitative estimate of drug-likeness (QED) is 0.546. The number of allylic oxidation sites excluding steroid dienone is 1. The molecule has 8 heavy (non-hydrogen) atoms. The van der Waals surface area contributed by atoms with Gasteiger partial charge in [0.2, 0.25) is 0 Å². The second-order valence-electron chi connectivity index (χ2n) is 1.71. The lowest BCUT2D eigenvalue weighted by Gasteiger charge is -1.94. The lowest BCUT2D eigenvalue weighted by Crippen LogP contribution is -2.05. The normalized spacial score (nSPS) is 10.2. The van der Waals surface area contributed by atoms with Gasteiger partial charge in [-0.25, -0.2) is 0 Å². The van der Waals surface area contributed by atoms with E-state index in [9.17, 15) is 0 Å². The zero-order valence-electron chi connectivity index (χ0n) is 5.48. The van der Waals surface area contributed by atoms with Gasteiger partial charge in [-0.05, 0) is 19.5 Å². The molecule has 0 saturated carbocycles. The Morgan fingerprint density at radius 2 is 2.38 bits per heavy atom. The summed E-state index contributed by atoms with van der Waals surface area (Å²) in [6, 6.07) is 0. The molecule has 0 atom stereocenters. The van der Waals surface area contributed by atoms with Crippen LogP contribution in [0.5, 0.6) is 0 Å². The van der Waals surface area contributed by atoms with Gasteiger partial charge in [0.1, 0.15) is 0 Å². The van der Waals surface area contributed by atoms with Gasteiger partial charge in [-0.3, -0.25) is 0 Å². The lowest BCUT2D eigenvalue weighted by molar-refractivity contribution is 0.735. The van der Waals surface area contributed by atoms with E-state index in [1.165, 1.54) is 12.8 Å². The van der Waals surface area contributed by atoms with Gasteiger partial charge in [0.05, 0.1) is 0 Å². The molecule has 0 rings (SSSR count). The summed E-state index contributed by atoms with van der Waals surface area (Å²) < 4.78 is 0. The maximum atomic E-state index is 3.54. The summed E-state index contributed by atoms with van der Waals surface area (Å²) in [4.78, 5) is 0. The molecular weight excluding hydrogens is 98.1 g/mol. The minimum Gasteiger partial charge on any atom is -0.391 e. The van der Waals surface area contributed by atoms with Crippen molar-refractivity contribution in [1.82, 2.24) is 5.32 Å². The molecule has 1 N–H and O–H groups in total. The van der Waals surface area contributed by atoms with E-state index in [2.05, 4.69) is 19.2 Å². The molecule has 1 radical (unpaired) electrons. The average Bonchev–Trinajstić information content (AvgIpc) is 1.81. The number of hydrogen-bond acceptors (Lipinski definition) is 1. The maximum absolute atomic E-state index is 3.54. The molecule has 0 spiro atoms. The number of nitrogens with one attached hydrogen (secondary N) is 1. The Morgan fingerprint density at radius 1 is 1.62 bits per heavy atom. The first-order valence-corrected chi connectivity index (χ1v) is 3.09. The lowest BCUT2D eigenvalue weighted by atomic mass is 10.3. The van der Waals surface area contributed by atoms with Crippen molar-refractivity contribution in [2.75, 3.05) is 6.54 Å². The monoisotopic (exact) mass is 112 g/mol. The van der Waals surface area contributed by atoms with Crippen molar-refractivity contribution in [3.8, 4) is 0 Å². The van der Waals surface area contributed by atoms with Gasteiger partial charge in [-0.2, -0.15) is 0 Å². The number of rotatable bonds is 4. The van der Waals surface area contributed by atoms with Crippen LogP contribution in [0, 0.1) is 6.92 Å². The van der Waals surface area contributed by atoms with Crippen LogP contribution in [0.1, 0.15) is 19.8 Å². The molecule has 0 amide bonds. The van der Waals surface area contributed by atoms with E-state index in [-0.39, 0.29) is 0 Å². The smallest absolute Gasteiger partial charge is 0.0141 e. The SMILES string of the molecule is [CH2]/C=C/NCCCC. The van der Waals surface area contributed by atoms with E-state index in [0.717, 1.165) is 6.54 Å². The Hall–Kier alpha value is -0.460. The fourth-order valence-electron chi connectivity index (χ4n) is 0.446. The molecular formula is C7H14N. The van der Waals surface area contributed by atoms with Gasteiger partial charge in [0.15, 0.2) is 0 Å². The third kappa shape index (κ3) is 5.54. The Bertz CT molecular complexity index is 57.4. The molecule has 0 unspecified atom stereocenters. The Labute approximate surface area is 51.8 Å². The molecule has 0 aromatic heterocycles. The van der Waals surface area contributed by atoms with E-state index < -0.39 is 0 Å². The first kappa shape index (κ1) is 7.54. The van der Waals surface area contributed by atoms with Crippen LogP contribution in [0.15, 0.2) is 12.3 Å². The van der Waals surface area contributed by atoms with Crippen molar-refractivity contribution >= 4 is 0 Å². The third-order valence-electron chi connectivity index (χ3n) is 0.910. The molecule has 0 aliphatic heterocycles. The van der Waals surface area contributed by atoms with Crippen LogP contribution in [0.4, 0.5) is 0 Å². The third-order valence-corrected chi connectivity index (χ3v) is 0.910. The van der Waals surface area contributed by atoms with Crippen molar-refractivity contribution in [2.45, 2.75) is 19.8 Å². The minimum absolute atomic E-state index is 1.07. The topological polar surface area (TPSA) is 12.0 Å². The summed E-state index contributed by atoms with van der Waals surface area (Å²) in [7, 11) is 0. The molecule has 1 nitrogen and oxygen atoms in total. The molecule has 0 saturated heterocycles. The van der Waals surface area contributed by atoms with Gasteiger partial charge >= 0.3 is 0 Å². The van der Waals surface area contributed by atoms with E-state index in [4.69, 9.17) is 0 Å². The van der Waals surface area contributed by atoms with E-state index >= 15 is 0 Å². The molecule has 0 aliphatic carbocycles. The van der Waals surface area contributed by atoms with Gasteiger partial charge in [-0.1, -0.05) is 19.4 Å². The van der Waals surface area contributed by atoms with Crippen LogP contribution < -0.4 is 5.32 Å². The van der Waals surface area contributed by atoms with Crippen molar-refractivity contribution in [3.63, 3.8) is 0 Å². The number of hydrogen-bond donors (Lipinski definition) is 1. The average molecular weight is 112 g/mol.